The number of carbonyl (C=O) groups excluding carboxylic acids is 1. The smallest absolute Gasteiger partial charge is 0.243 e. The van der Waals surface area contributed by atoms with Crippen LogP contribution in [0.2, 0.25) is 0 Å². The quantitative estimate of drug-likeness (QED) is 0.680. The SMILES string of the molecule is CC[C@@H](NC(=O)CN(C)S(=O)(=O)c1ccc(SC)cc1)c1ccc(C)cc1. The lowest BCUT2D eigenvalue weighted by Gasteiger charge is -2.21. The Labute approximate surface area is 166 Å². The van der Waals surface area contributed by atoms with Gasteiger partial charge in [-0.05, 0) is 49.4 Å². The van der Waals surface area contributed by atoms with Gasteiger partial charge in [-0.2, -0.15) is 4.31 Å². The van der Waals surface area contributed by atoms with Crippen molar-refractivity contribution in [3.63, 3.8) is 0 Å². The molecule has 1 atom stereocenters. The van der Waals surface area contributed by atoms with E-state index >= 15 is 0 Å². The molecule has 0 aliphatic carbocycles. The van der Waals surface area contributed by atoms with Crippen molar-refractivity contribution in [3.05, 3.63) is 59.7 Å². The van der Waals surface area contributed by atoms with Gasteiger partial charge in [0.05, 0.1) is 17.5 Å². The number of likely N-dealkylation sites (N-methyl/N-ethyl adjacent to an activating group) is 1. The molecule has 146 valence electrons. The number of carbonyl (C=O) groups is 1. The molecule has 0 bridgehead atoms. The summed E-state index contributed by atoms with van der Waals surface area (Å²) in [4.78, 5) is 13.6. The van der Waals surface area contributed by atoms with E-state index in [0.717, 1.165) is 26.7 Å². The monoisotopic (exact) mass is 406 g/mol. The van der Waals surface area contributed by atoms with Gasteiger partial charge in [0.2, 0.25) is 15.9 Å². The van der Waals surface area contributed by atoms with Crippen molar-refractivity contribution in [2.24, 2.45) is 0 Å². The van der Waals surface area contributed by atoms with Crippen molar-refractivity contribution < 1.29 is 13.2 Å². The third-order valence-electron chi connectivity index (χ3n) is 4.36. The fraction of sp³-hybridized carbons (Fsp3) is 0.350. The number of benzene rings is 2. The molecule has 0 spiro atoms. The van der Waals surface area contributed by atoms with Gasteiger partial charge in [-0.25, -0.2) is 8.42 Å². The van der Waals surface area contributed by atoms with Crippen LogP contribution in [0.4, 0.5) is 0 Å². The fourth-order valence-corrected chi connectivity index (χ4v) is 4.21. The predicted octanol–water partition coefficient (Wildman–Crippen LogP) is 3.60. The Kier molecular flexibility index (Phi) is 7.47. The summed E-state index contributed by atoms with van der Waals surface area (Å²) in [7, 11) is -2.29. The average Bonchev–Trinajstić information content (AvgIpc) is 2.66. The normalized spacial score (nSPS) is 12.8. The summed E-state index contributed by atoms with van der Waals surface area (Å²) < 4.78 is 26.4. The summed E-state index contributed by atoms with van der Waals surface area (Å²) in [6, 6.07) is 14.5. The highest BCUT2D eigenvalue weighted by molar-refractivity contribution is 7.98. The maximum atomic E-state index is 12.7. The van der Waals surface area contributed by atoms with E-state index in [-0.39, 0.29) is 23.4 Å². The summed E-state index contributed by atoms with van der Waals surface area (Å²) in [6.45, 7) is 3.77. The predicted molar refractivity (Wildman–Crippen MR) is 110 cm³/mol. The maximum Gasteiger partial charge on any atom is 0.243 e. The second-order valence-corrected chi connectivity index (χ2v) is 9.30. The highest BCUT2D eigenvalue weighted by atomic mass is 32.2. The number of sulfonamides is 1. The molecule has 5 nitrogen and oxygen atoms in total. The molecule has 2 rings (SSSR count). The van der Waals surface area contributed by atoms with Crippen LogP contribution in [0.15, 0.2) is 58.3 Å². The molecular weight excluding hydrogens is 380 g/mol. The molecule has 1 amide bonds. The minimum atomic E-state index is -3.71. The lowest BCUT2D eigenvalue weighted by Crippen LogP contribution is -2.39. The zero-order valence-corrected chi connectivity index (χ0v) is 17.7. The molecule has 0 aliphatic heterocycles. The van der Waals surface area contributed by atoms with E-state index in [2.05, 4.69) is 5.32 Å². The van der Waals surface area contributed by atoms with Crippen LogP contribution in [-0.4, -0.2) is 38.5 Å². The molecule has 0 unspecified atom stereocenters. The Morgan fingerprint density at radius 3 is 2.22 bits per heavy atom. The highest BCUT2D eigenvalue weighted by Gasteiger charge is 2.24. The zero-order valence-electron chi connectivity index (χ0n) is 16.1. The van der Waals surface area contributed by atoms with Crippen molar-refractivity contribution >= 4 is 27.7 Å². The van der Waals surface area contributed by atoms with Gasteiger partial charge < -0.3 is 5.32 Å². The fourth-order valence-electron chi connectivity index (χ4n) is 2.67. The molecule has 7 heteroatoms. The maximum absolute atomic E-state index is 12.7. The molecular formula is C20H26N2O3S2. The first kappa shape index (κ1) is 21.5. The Bertz CT molecular complexity index is 863. The lowest BCUT2D eigenvalue weighted by molar-refractivity contribution is -0.121. The van der Waals surface area contributed by atoms with Crippen molar-refractivity contribution in [1.82, 2.24) is 9.62 Å². The third kappa shape index (κ3) is 5.57. The van der Waals surface area contributed by atoms with Crippen LogP contribution < -0.4 is 5.32 Å². The number of aryl methyl sites for hydroxylation is 1. The number of hydrogen-bond acceptors (Lipinski definition) is 4. The van der Waals surface area contributed by atoms with Crippen LogP contribution in [0.1, 0.15) is 30.5 Å². The van der Waals surface area contributed by atoms with Crippen LogP contribution in [0.25, 0.3) is 0 Å². The van der Waals surface area contributed by atoms with Crippen molar-refractivity contribution in [2.75, 3.05) is 19.8 Å². The number of nitrogens with one attached hydrogen (secondary N) is 1. The van der Waals surface area contributed by atoms with Gasteiger partial charge in [0.25, 0.3) is 0 Å². The summed E-state index contributed by atoms with van der Waals surface area (Å²) in [5.74, 6) is -0.325. The van der Waals surface area contributed by atoms with Crippen molar-refractivity contribution in [1.29, 1.82) is 0 Å². The van der Waals surface area contributed by atoms with Crippen LogP contribution >= 0.6 is 11.8 Å². The van der Waals surface area contributed by atoms with Crippen LogP contribution in [-0.2, 0) is 14.8 Å². The van der Waals surface area contributed by atoms with E-state index in [1.54, 1.807) is 36.0 Å². The van der Waals surface area contributed by atoms with Crippen LogP contribution in [0.5, 0.6) is 0 Å². The first-order valence-corrected chi connectivity index (χ1v) is 11.4. The van der Waals surface area contributed by atoms with Gasteiger partial charge in [0.1, 0.15) is 0 Å². The number of hydrogen-bond donors (Lipinski definition) is 1. The first-order valence-electron chi connectivity index (χ1n) is 8.74. The molecule has 0 aliphatic rings. The second kappa shape index (κ2) is 9.39. The van der Waals surface area contributed by atoms with E-state index in [1.165, 1.54) is 7.05 Å². The Morgan fingerprint density at radius 2 is 1.70 bits per heavy atom. The van der Waals surface area contributed by atoms with Crippen molar-refractivity contribution in [3.8, 4) is 0 Å². The lowest BCUT2D eigenvalue weighted by atomic mass is 10.0. The third-order valence-corrected chi connectivity index (χ3v) is 6.92. The standard InChI is InChI=1S/C20H26N2O3S2/c1-5-19(16-8-6-15(2)7-9-16)21-20(23)14-22(3)27(24,25)18-12-10-17(26-4)11-13-18/h6-13,19H,5,14H2,1-4H3,(H,21,23)/t19-/m1/s1. The van der Waals surface area contributed by atoms with Crippen molar-refractivity contribution in [2.45, 2.75) is 36.1 Å². The molecule has 27 heavy (non-hydrogen) atoms. The second-order valence-electron chi connectivity index (χ2n) is 6.38. The molecule has 2 aromatic carbocycles. The van der Waals surface area contributed by atoms with Gasteiger partial charge >= 0.3 is 0 Å². The largest absolute Gasteiger partial charge is 0.348 e. The Hall–Kier alpha value is -1.83. The molecule has 0 aromatic heterocycles. The minimum Gasteiger partial charge on any atom is -0.348 e. The average molecular weight is 407 g/mol. The van der Waals surface area contributed by atoms with Crippen LogP contribution in [0, 0.1) is 6.92 Å². The summed E-state index contributed by atoms with van der Waals surface area (Å²) in [6.07, 6.45) is 2.65. The molecule has 0 saturated carbocycles. The van der Waals surface area contributed by atoms with E-state index in [4.69, 9.17) is 0 Å². The zero-order chi connectivity index (χ0) is 20.0. The Balaban J connectivity index is 2.05. The molecule has 0 radical (unpaired) electrons. The topological polar surface area (TPSA) is 66.5 Å². The van der Waals surface area contributed by atoms with Gasteiger partial charge in [-0.3, -0.25) is 4.79 Å². The van der Waals surface area contributed by atoms with E-state index in [0.29, 0.717) is 0 Å². The summed E-state index contributed by atoms with van der Waals surface area (Å²) in [5, 5.41) is 2.93. The van der Waals surface area contributed by atoms with Gasteiger partial charge in [-0.15, -0.1) is 11.8 Å². The number of rotatable bonds is 8. The van der Waals surface area contributed by atoms with Gasteiger partial charge in [0.15, 0.2) is 0 Å². The van der Waals surface area contributed by atoms with Gasteiger partial charge in [-0.1, -0.05) is 36.8 Å². The minimum absolute atomic E-state index is 0.143. The Morgan fingerprint density at radius 1 is 1.11 bits per heavy atom. The van der Waals surface area contributed by atoms with Crippen LogP contribution in [0.3, 0.4) is 0 Å². The summed E-state index contributed by atoms with van der Waals surface area (Å²) in [5.41, 5.74) is 2.16. The first-order chi connectivity index (χ1) is 12.8. The number of amides is 1. The molecule has 0 saturated heterocycles. The van der Waals surface area contributed by atoms with E-state index in [9.17, 15) is 13.2 Å². The number of thioether (sulfide) groups is 1. The molecule has 0 fully saturated rings. The van der Waals surface area contributed by atoms with Gasteiger partial charge in [0, 0.05) is 11.9 Å². The summed E-state index contributed by atoms with van der Waals surface area (Å²) >= 11 is 1.54. The highest BCUT2D eigenvalue weighted by Crippen LogP contribution is 2.20. The molecule has 2 aromatic rings. The van der Waals surface area contributed by atoms with E-state index in [1.807, 2.05) is 44.4 Å². The molecule has 1 N–H and O–H groups in total. The number of nitrogens with zero attached hydrogens (tertiary/aromatic N) is 1. The van der Waals surface area contributed by atoms with E-state index < -0.39 is 10.0 Å². The molecule has 0 heterocycles.